The number of hydrogen-bond donors (Lipinski definition) is 1. The molecular formula is C12H12F3N3O3S. The molecule has 10 heteroatoms. The van der Waals surface area contributed by atoms with Crippen molar-refractivity contribution in [2.75, 3.05) is 11.5 Å². The van der Waals surface area contributed by atoms with Crippen LogP contribution in [0.2, 0.25) is 0 Å². The molecule has 0 amide bonds. The van der Waals surface area contributed by atoms with Gasteiger partial charge in [-0.05, 0) is 25.1 Å². The SMILES string of the molecule is CCS(=O)(=O)n1cc(-c2cc(N)ccc2OC(F)(F)F)cn1. The molecule has 0 saturated heterocycles. The van der Waals surface area contributed by atoms with Crippen LogP contribution in [0.4, 0.5) is 18.9 Å². The quantitative estimate of drug-likeness (QED) is 0.866. The summed E-state index contributed by atoms with van der Waals surface area (Å²) in [5.74, 6) is -0.688. The predicted octanol–water partition coefficient (Wildman–Crippen LogP) is 2.23. The van der Waals surface area contributed by atoms with Crippen LogP contribution < -0.4 is 10.5 Å². The summed E-state index contributed by atoms with van der Waals surface area (Å²) in [7, 11) is -3.63. The Hall–Kier alpha value is -2.23. The number of rotatable bonds is 4. The van der Waals surface area contributed by atoms with Gasteiger partial charge >= 0.3 is 6.36 Å². The van der Waals surface area contributed by atoms with Gasteiger partial charge in [-0.3, -0.25) is 0 Å². The zero-order valence-electron chi connectivity index (χ0n) is 11.3. The molecular weight excluding hydrogens is 323 g/mol. The van der Waals surface area contributed by atoms with E-state index in [0.717, 1.165) is 18.5 Å². The van der Waals surface area contributed by atoms with Gasteiger partial charge in [0.25, 0.3) is 10.0 Å². The van der Waals surface area contributed by atoms with Gasteiger partial charge in [0.1, 0.15) is 5.75 Å². The molecule has 2 N–H and O–H groups in total. The number of nitrogens with two attached hydrogens (primary N) is 1. The van der Waals surface area contributed by atoms with Crippen LogP contribution >= 0.6 is 0 Å². The van der Waals surface area contributed by atoms with Crippen molar-refractivity contribution in [1.82, 2.24) is 9.19 Å². The molecule has 0 unspecified atom stereocenters. The fraction of sp³-hybridized carbons (Fsp3) is 0.250. The second kappa shape index (κ2) is 5.52. The molecule has 0 spiro atoms. The molecule has 6 nitrogen and oxygen atoms in total. The van der Waals surface area contributed by atoms with Gasteiger partial charge in [0.15, 0.2) is 0 Å². The fourth-order valence-corrected chi connectivity index (χ4v) is 2.44. The summed E-state index contributed by atoms with van der Waals surface area (Å²) in [5, 5.41) is 3.65. The average Bonchev–Trinajstić information content (AvgIpc) is 2.89. The van der Waals surface area contributed by atoms with E-state index in [0.29, 0.717) is 4.09 Å². The zero-order valence-corrected chi connectivity index (χ0v) is 12.1. The highest BCUT2D eigenvalue weighted by molar-refractivity contribution is 7.89. The standard InChI is InChI=1S/C12H12F3N3O3S/c1-2-22(19,20)18-7-8(6-17-18)10-5-9(16)3-4-11(10)21-12(13,14)15/h3-7H,2,16H2,1H3. The lowest BCUT2D eigenvalue weighted by Crippen LogP contribution is -2.17. The number of alkyl halides is 3. The Labute approximate surface area is 124 Å². The summed E-state index contributed by atoms with van der Waals surface area (Å²) in [6, 6.07) is 3.56. The third-order valence-corrected chi connectivity index (χ3v) is 4.25. The molecule has 0 radical (unpaired) electrons. The molecule has 0 bridgehead atoms. The van der Waals surface area contributed by atoms with Crippen molar-refractivity contribution in [3.63, 3.8) is 0 Å². The Morgan fingerprint density at radius 2 is 2.05 bits per heavy atom. The number of hydrogen-bond acceptors (Lipinski definition) is 5. The van der Waals surface area contributed by atoms with Gasteiger partial charge in [-0.2, -0.15) is 9.19 Å². The van der Waals surface area contributed by atoms with Gasteiger partial charge < -0.3 is 10.5 Å². The number of nitrogens with zero attached hydrogens (tertiary/aromatic N) is 2. The summed E-state index contributed by atoms with van der Waals surface area (Å²) in [4.78, 5) is 0. The highest BCUT2D eigenvalue weighted by Gasteiger charge is 2.32. The van der Waals surface area contributed by atoms with Crippen molar-refractivity contribution in [3.8, 4) is 16.9 Å². The van der Waals surface area contributed by atoms with Gasteiger partial charge in [-0.1, -0.05) is 0 Å². The Kier molecular flexibility index (Phi) is 4.05. The molecule has 1 heterocycles. The Morgan fingerprint density at radius 3 is 2.64 bits per heavy atom. The first-order valence-electron chi connectivity index (χ1n) is 6.06. The van der Waals surface area contributed by atoms with E-state index in [-0.39, 0.29) is 22.6 Å². The summed E-state index contributed by atoms with van der Waals surface area (Å²) in [5.41, 5.74) is 5.91. The summed E-state index contributed by atoms with van der Waals surface area (Å²) < 4.78 is 65.2. The van der Waals surface area contributed by atoms with Crippen LogP contribution in [0.5, 0.6) is 5.75 Å². The first-order chi connectivity index (χ1) is 10.1. The van der Waals surface area contributed by atoms with E-state index in [1.807, 2.05) is 0 Å². The van der Waals surface area contributed by atoms with Crippen molar-refractivity contribution in [2.24, 2.45) is 0 Å². The van der Waals surface area contributed by atoms with Crippen molar-refractivity contribution >= 4 is 15.7 Å². The van der Waals surface area contributed by atoms with Crippen molar-refractivity contribution in [2.45, 2.75) is 13.3 Å². The number of ether oxygens (including phenoxy) is 1. The van der Waals surface area contributed by atoms with E-state index in [1.54, 1.807) is 0 Å². The molecule has 2 rings (SSSR count). The molecule has 0 atom stereocenters. The minimum atomic E-state index is -4.88. The maximum Gasteiger partial charge on any atom is 0.573 e. The monoisotopic (exact) mass is 335 g/mol. The molecule has 1 aromatic carbocycles. The van der Waals surface area contributed by atoms with Crippen LogP contribution in [-0.2, 0) is 10.0 Å². The number of aromatic nitrogens is 2. The maximum atomic E-state index is 12.4. The van der Waals surface area contributed by atoms with Crippen LogP contribution in [0.15, 0.2) is 30.6 Å². The summed E-state index contributed by atoms with van der Waals surface area (Å²) in [6.45, 7) is 1.43. The Bertz CT molecular complexity index is 784. The van der Waals surface area contributed by atoms with Crippen molar-refractivity contribution in [1.29, 1.82) is 0 Å². The van der Waals surface area contributed by atoms with Crippen LogP contribution in [0.25, 0.3) is 11.1 Å². The highest BCUT2D eigenvalue weighted by atomic mass is 32.2. The summed E-state index contributed by atoms with van der Waals surface area (Å²) in [6.07, 6.45) is -2.64. The molecule has 120 valence electrons. The largest absolute Gasteiger partial charge is 0.573 e. The molecule has 0 aliphatic carbocycles. The first-order valence-corrected chi connectivity index (χ1v) is 7.67. The third kappa shape index (κ3) is 3.50. The number of halogens is 3. The van der Waals surface area contributed by atoms with E-state index < -0.39 is 22.1 Å². The van der Waals surface area contributed by atoms with Crippen LogP contribution in [0, 0.1) is 0 Å². The van der Waals surface area contributed by atoms with Crippen molar-refractivity contribution < 1.29 is 26.3 Å². The van der Waals surface area contributed by atoms with E-state index in [1.165, 1.54) is 19.1 Å². The zero-order chi connectivity index (χ0) is 16.5. The molecule has 1 aromatic heterocycles. The predicted molar refractivity (Wildman–Crippen MR) is 73.6 cm³/mol. The smallest absolute Gasteiger partial charge is 0.405 e. The Balaban J connectivity index is 2.51. The van der Waals surface area contributed by atoms with Crippen LogP contribution in [0.1, 0.15) is 6.92 Å². The van der Waals surface area contributed by atoms with Gasteiger partial charge in [0.2, 0.25) is 0 Å². The molecule has 0 aliphatic heterocycles. The molecule has 0 saturated carbocycles. The first kappa shape index (κ1) is 16.1. The number of nitrogen functional groups attached to an aromatic ring is 1. The van der Waals surface area contributed by atoms with Crippen LogP contribution in [-0.4, -0.2) is 29.7 Å². The lowest BCUT2D eigenvalue weighted by molar-refractivity contribution is -0.274. The minimum absolute atomic E-state index is 0.00474. The maximum absolute atomic E-state index is 12.4. The number of anilines is 1. The van der Waals surface area contributed by atoms with Crippen molar-refractivity contribution in [3.05, 3.63) is 30.6 Å². The second-order valence-electron chi connectivity index (χ2n) is 4.31. The third-order valence-electron chi connectivity index (χ3n) is 2.75. The molecule has 22 heavy (non-hydrogen) atoms. The molecule has 0 aliphatic rings. The van der Waals surface area contributed by atoms with Gasteiger partial charge in [0, 0.05) is 16.8 Å². The van der Waals surface area contributed by atoms with Gasteiger partial charge in [-0.15, -0.1) is 13.2 Å². The summed E-state index contributed by atoms with van der Waals surface area (Å²) >= 11 is 0. The fourth-order valence-electron chi connectivity index (χ4n) is 1.72. The Morgan fingerprint density at radius 1 is 1.36 bits per heavy atom. The molecule has 0 fully saturated rings. The minimum Gasteiger partial charge on any atom is -0.405 e. The van der Waals surface area contributed by atoms with E-state index in [4.69, 9.17) is 5.73 Å². The van der Waals surface area contributed by atoms with Gasteiger partial charge in [0.05, 0.1) is 18.1 Å². The van der Waals surface area contributed by atoms with Crippen LogP contribution in [0.3, 0.4) is 0 Å². The van der Waals surface area contributed by atoms with Gasteiger partial charge in [-0.25, -0.2) is 8.42 Å². The number of benzene rings is 1. The van der Waals surface area contributed by atoms with E-state index in [9.17, 15) is 21.6 Å². The second-order valence-corrected chi connectivity index (χ2v) is 6.42. The van der Waals surface area contributed by atoms with E-state index in [2.05, 4.69) is 9.84 Å². The topological polar surface area (TPSA) is 87.2 Å². The molecule has 2 aromatic rings. The van der Waals surface area contributed by atoms with E-state index >= 15 is 0 Å². The normalized spacial score (nSPS) is 12.4. The lowest BCUT2D eigenvalue weighted by atomic mass is 10.1. The lowest BCUT2D eigenvalue weighted by Gasteiger charge is -2.12. The highest BCUT2D eigenvalue weighted by Crippen LogP contribution is 2.35. The average molecular weight is 335 g/mol.